The molecule has 0 aliphatic carbocycles. The van der Waals surface area contributed by atoms with Crippen LogP contribution in [0.5, 0.6) is 0 Å². The lowest BCUT2D eigenvalue weighted by molar-refractivity contribution is 0.620. The molecule has 1 fully saturated rings. The predicted octanol–water partition coefficient (Wildman–Crippen LogP) is 3.03. The van der Waals surface area contributed by atoms with E-state index in [1.807, 2.05) is 0 Å². The third kappa shape index (κ3) is 2.30. The fourth-order valence-corrected chi connectivity index (χ4v) is 3.12. The average molecular weight is 236 g/mol. The fraction of sp³-hybridized carbons (Fsp3) is 0.417. The minimum absolute atomic E-state index is 0.259. The Bertz CT molecular complexity index is 412. The van der Waals surface area contributed by atoms with Gasteiger partial charge >= 0.3 is 0 Å². The van der Waals surface area contributed by atoms with E-state index in [2.05, 4.69) is 18.3 Å². The molecule has 84 valence electrons. The molecule has 2 nitrogen and oxygen atoms in total. The van der Waals surface area contributed by atoms with E-state index < -0.39 is 5.54 Å². The summed E-state index contributed by atoms with van der Waals surface area (Å²) in [6.07, 6.45) is 0.825. The SMILES string of the molecule is CC1CC(C#N)(Nc2ccc(F)cc2)CS1. The molecular formula is C12H13FN2S. The van der Waals surface area contributed by atoms with Gasteiger partial charge in [-0.3, -0.25) is 0 Å². The second-order valence-corrected chi connectivity index (χ2v) is 5.58. The van der Waals surface area contributed by atoms with Crippen molar-refractivity contribution in [1.82, 2.24) is 0 Å². The van der Waals surface area contributed by atoms with E-state index in [0.717, 1.165) is 17.9 Å². The van der Waals surface area contributed by atoms with Crippen molar-refractivity contribution in [2.75, 3.05) is 11.1 Å². The summed E-state index contributed by atoms with van der Waals surface area (Å²) in [5.74, 6) is 0.521. The Kier molecular flexibility index (Phi) is 3.06. The number of nitriles is 1. The third-order valence-corrected chi connectivity index (χ3v) is 4.09. The first kappa shape index (κ1) is 11.3. The number of nitrogens with zero attached hydrogens (tertiary/aromatic N) is 1. The normalized spacial score (nSPS) is 28.7. The number of halogens is 1. The number of hydrogen-bond acceptors (Lipinski definition) is 3. The van der Waals surface area contributed by atoms with Crippen LogP contribution in [0.3, 0.4) is 0 Å². The maximum absolute atomic E-state index is 12.7. The minimum atomic E-state index is -0.498. The maximum atomic E-state index is 12.7. The highest BCUT2D eigenvalue weighted by atomic mass is 32.2. The zero-order chi connectivity index (χ0) is 11.6. The Morgan fingerprint density at radius 2 is 2.19 bits per heavy atom. The van der Waals surface area contributed by atoms with E-state index in [-0.39, 0.29) is 5.82 Å². The van der Waals surface area contributed by atoms with Crippen molar-refractivity contribution in [3.05, 3.63) is 30.1 Å². The fourth-order valence-electron chi connectivity index (χ4n) is 1.90. The van der Waals surface area contributed by atoms with Crippen LogP contribution >= 0.6 is 11.8 Å². The predicted molar refractivity (Wildman–Crippen MR) is 64.9 cm³/mol. The first-order valence-electron chi connectivity index (χ1n) is 5.20. The number of rotatable bonds is 2. The summed E-state index contributed by atoms with van der Waals surface area (Å²) in [6, 6.07) is 8.49. The molecule has 0 amide bonds. The van der Waals surface area contributed by atoms with Gasteiger partial charge in [0.25, 0.3) is 0 Å². The van der Waals surface area contributed by atoms with Crippen LogP contribution in [0.1, 0.15) is 13.3 Å². The van der Waals surface area contributed by atoms with Crippen LogP contribution < -0.4 is 5.32 Å². The van der Waals surface area contributed by atoms with E-state index in [1.165, 1.54) is 12.1 Å². The summed E-state index contributed by atoms with van der Waals surface area (Å²) in [7, 11) is 0. The van der Waals surface area contributed by atoms with Gasteiger partial charge in [-0.2, -0.15) is 17.0 Å². The number of nitrogens with one attached hydrogen (secondary N) is 1. The Balaban J connectivity index is 2.14. The summed E-state index contributed by atoms with van der Waals surface area (Å²) in [4.78, 5) is 0. The molecule has 1 aromatic carbocycles. The van der Waals surface area contributed by atoms with Gasteiger partial charge in [0.1, 0.15) is 11.4 Å². The molecular weight excluding hydrogens is 223 g/mol. The van der Waals surface area contributed by atoms with Crippen LogP contribution in [0.2, 0.25) is 0 Å². The van der Waals surface area contributed by atoms with Crippen molar-refractivity contribution in [3.63, 3.8) is 0 Å². The number of hydrogen-bond donors (Lipinski definition) is 1. The van der Waals surface area contributed by atoms with Crippen molar-refractivity contribution in [1.29, 1.82) is 5.26 Å². The third-order valence-electron chi connectivity index (χ3n) is 2.69. The molecule has 2 unspecified atom stereocenters. The molecule has 4 heteroatoms. The highest BCUT2D eigenvalue weighted by Gasteiger charge is 2.38. The Hall–Kier alpha value is -1.21. The van der Waals surface area contributed by atoms with Gasteiger partial charge in [0.15, 0.2) is 0 Å². The van der Waals surface area contributed by atoms with Crippen LogP contribution in [0.4, 0.5) is 10.1 Å². The van der Waals surface area contributed by atoms with Crippen molar-refractivity contribution >= 4 is 17.4 Å². The van der Waals surface area contributed by atoms with Crippen LogP contribution in [0.15, 0.2) is 24.3 Å². The van der Waals surface area contributed by atoms with Crippen molar-refractivity contribution in [3.8, 4) is 6.07 Å². The van der Waals surface area contributed by atoms with Gasteiger partial charge in [-0.1, -0.05) is 6.92 Å². The first-order valence-corrected chi connectivity index (χ1v) is 6.25. The number of thioether (sulfide) groups is 1. The summed E-state index contributed by atoms with van der Waals surface area (Å²) >= 11 is 1.79. The van der Waals surface area contributed by atoms with Gasteiger partial charge < -0.3 is 5.32 Å². The molecule has 1 N–H and O–H groups in total. The lowest BCUT2D eigenvalue weighted by Crippen LogP contribution is -2.36. The summed E-state index contributed by atoms with van der Waals surface area (Å²) in [6.45, 7) is 2.12. The molecule has 1 aromatic rings. The van der Waals surface area contributed by atoms with Gasteiger partial charge in [0.2, 0.25) is 0 Å². The molecule has 0 bridgehead atoms. The molecule has 2 rings (SSSR count). The zero-order valence-electron chi connectivity index (χ0n) is 9.03. The van der Waals surface area contributed by atoms with Gasteiger partial charge in [-0.15, -0.1) is 0 Å². The topological polar surface area (TPSA) is 35.8 Å². The number of benzene rings is 1. The van der Waals surface area contributed by atoms with Crippen LogP contribution in [-0.2, 0) is 0 Å². The van der Waals surface area contributed by atoms with E-state index >= 15 is 0 Å². The average Bonchev–Trinajstić information content (AvgIpc) is 2.64. The summed E-state index contributed by atoms with van der Waals surface area (Å²) in [5, 5.41) is 13.0. The Morgan fingerprint density at radius 1 is 1.50 bits per heavy atom. The maximum Gasteiger partial charge on any atom is 0.135 e. The molecule has 1 aliphatic heterocycles. The van der Waals surface area contributed by atoms with Gasteiger partial charge in [0, 0.05) is 16.7 Å². The minimum Gasteiger partial charge on any atom is -0.367 e. The molecule has 0 radical (unpaired) electrons. The zero-order valence-corrected chi connectivity index (χ0v) is 9.85. The van der Waals surface area contributed by atoms with Crippen LogP contribution in [0.25, 0.3) is 0 Å². The van der Waals surface area contributed by atoms with Crippen LogP contribution in [0, 0.1) is 17.1 Å². The lowest BCUT2D eigenvalue weighted by Gasteiger charge is -2.23. The molecule has 2 atom stereocenters. The quantitative estimate of drug-likeness (QED) is 0.857. The Morgan fingerprint density at radius 3 is 2.69 bits per heavy atom. The highest BCUT2D eigenvalue weighted by Crippen LogP contribution is 2.36. The second-order valence-electron chi connectivity index (χ2n) is 4.15. The standard InChI is InChI=1S/C12H13FN2S/c1-9-6-12(7-14,8-16-9)15-11-4-2-10(13)3-5-11/h2-5,9,15H,6,8H2,1H3. The van der Waals surface area contributed by atoms with E-state index in [0.29, 0.717) is 5.25 Å². The highest BCUT2D eigenvalue weighted by molar-refractivity contribution is 8.00. The molecule has 0 saturated carbocycles. The molecule has 1 heterocycles. The van der Waals surface area contributed by atoms with E-state index in [4.69, 9.17) is 0 Å². The lowest BCUT2D eigenvalue weighted by atomic mass is 9.98. The van der Waals surface area contributed by atoms with Crippen LogP contribution in [-0.4, -0.2) is 16.5 Å². The van der Waals surface area contributed by atoms with Gasteiger partial charge in [-0.05, 0) is 30.7 Å². The van der Waals surface area contributed by atoms with E-state index in [9.17, 15) is 9.65 Å². The molecule has 0 aromatic heterocycles. The largest absolute Gasteiger partial charge is 0.367 e. The Labute approximate surface area is 98.8 Å². The van der Waals surface area contributed by atoms with Crippen molar-refractivity contribution in [2.45, 2.75) is 24.1 Å². The smallest absolute Gasteiger partial charge is 0.135 e. The first-order chi connectivity index (χ1) is 7.63. The van der Waals surface area contributed by atoms with Crippen molar-refractivity contribution < 1.29 is 4.39 Å². The van der Waals surface area contributed by atoms with Crippen molar-refractivity contribution in [2.24, 2.45) is 0 Å². The second kappa shape index (κ2) is 4.34. The summed E-state index contributed by atoms with van der Waals surface area (Å²) in [5.41, 5.74) is 0.305. The monoisotopic (exact) mass is 236 g/mol. The molecule has 16 heavy (non-hydrogen) atoms. The van der Waals surface area contributed by atoms with E-state index in [1.54, 1.807) is 23.9 Å². The molecule has 1 saturated heterocycles. The molecule has 1 aliphatic rings. The summed E-state index contributed by atoms with van der Waals surface area (Å²) < 4.78 is 12.7. The van der Waals surface area contributed by atoms with Gasteiger partial charge in [-0.25, -0.2) is 4.39 Å². The van der Waals surface area contributed by atoms with Gasteiger partial charge in [0.05, 0.1) is 6.07 Å². The molecule has 0 spiro atoms. The number of anilines is 1.